The molecule has 0 radical (unpaired) electrons. The molecule has 2 aliphatic rings. The smallest absolute Gasteiger partial charge is 0.336 e. The van der Waals surface area contributed by atoms with E-state index in [1.54, 1.807) is 7.11 Å². The fourth-order valence-corrected chi connectivity index (χ4v) is 5.39. The number of aliphatic hydroxyl groups is 1. The molecule has 0 unspecified atom stereocenters. The van der Waals surface area contributed by atoms with Crippen molar-refractivity contribution in [3.8, 4) is 11.5 Å². The molecule has 12 nitrogen and oxygen atoms in total. The number of nitrogens with one attached hydrogen (secondary N) is 1. The van der Waals surface area contributed by atoms with Crippen LogP contribution in [0.4, 0.5) is 0 Å². The first-order valence-corrected chi connectivity index (χ1v) is 13.9. The fraction of sp³-hybridized carbons (Fsp3) is 0.586. The average Bonchev–Trinajstić information content (AvgIpc) is 3.66. The van der Waals surface area contributed by atoms with E-state index in [1.165, 1.54) is 37.7 Å². The number of aliphatic carboxylic acids is 3. The molecule has 4 rings (SSSR count). The van der Waals surface area contributed by atoms with Crippen molar-refractivity contribution in [2.45, 2.75) is 95.4 Å². The number of hydrogen-bond acceptors (Lipinski definition) is 9. The number of carbonyl (C=O) groups is 3. The number of rotatable bonds is 13. The van der Waals surface area contributed by atoms with Crippen LogP contribution in [0.5, 0.6) is 11.5 Å². The third-order valence-electron chi connectivity index (χ3n) is 7.48. The van der Waals surface area contributed by atoms with Crippen molar-refractivity contribution in [3.05, 3.63) is 41.3 Å². The number of hydrogen-bond donors (Lipinski definition) is 5. The van der Waals surface area contributed by atoms with Gasteiger partial charge in [-0.1, -0.05) is 17.6 Å². The molecule has 5 N–H and O–H groups in total. The standard InChI is InChI=1S/C23H32N2O3.C6H8O7/c1-16-12-20(28-25-16)14-18-6-5-9-21(18)24-15-17-10-11-22(23(13-17)26-2)27-19-7-3-4-8-19;7-3(8)1-6(13,5(11)12)2-4(9)10/h10-13,18-19,21,24H,3-9,14-15H2,1-2H3;13H,1-2H2,(H,7,8)(H,9,10)(H,11,12)/t18-,21+;/m0./s1. The maximum Gasteiger partial charge on any atom is 0.336 e. The molecule has 0 amide bonds. The van der Waals surface area contributed by atoms with Gasteiger partial charge in [0.25, 0.3) is 0 Å². The lowest BCUT2D eigenvalue weighted by Gasteiger charge is -2.21. The zero-order valence-corrected chi connectivity index (χ0v) is 23.5. The first-order chi connectivity index (χ1) is 19.5. The van der Waals surface area contributed by atoms with Crippen LogP contribution < -0.4 is 14.8 Å². The second-order valence-electron chi connectivity index (χ2n) is 10.8. The summed E-state index contributed by atoms with van der Waals surface area (Å²) < 4.78 is 17.2. The molecule has 2 saturated carbocycles. The predicted octanol–water partition coefficient (Wildman–Crippen LogP) is 3.57. The summed E-state index contributed by atoms with van der Waals surface area (Å²) >= 11 is 0. The van der Waals surface area contributed by atoms with E-state index >= 15 is 0 Å². The monoisotopic (exact) mass is 576 g/mol. The van der Waals surface area contributed by atoms with Gasteiger partial charge in [0.15, 0.2) is 17.1 Å². The molecule has 0 spiro atoms. The number of aromatic nitrogens is 1. The van der Waals surface area contributed by atoms with Gasteiger partial charge in [0.1, 0.15) is 5.76 Å². The molecule has 0 aliphatic heterocycles. The van der Waals surface area contributed by atoms with Crippen LogP contribution in [0.15, 0.2) is 28.8 Å². The Balaban J connectivity index is 0.000000302. The van der Waals surface area contributed by atoms with E-state index < -0.39 is 36.4 Å². The van der Waals surface area contributed by atoms with Crippen LogP contribution in [-0.4, -0.2) is 68.3 Å². The summed E-state index contributed by atoms with van der Waals surface area (Å²) in [5.74, 6) is -1.69. The highest BCUT2D eigenvalue weighted by Gasteiger charge is 2.40. The summed E-state index contributed by atoms with van der Waals surface area (Å²) in [5.41, 5.74) is -0.543. The predicted molar refractivity (Wildman–Crippen MR) is 146 cm³/mol. The average molecular weight is 577 g/mol. The number of carboxylic acid groups (broad SMARTS) is 3. The summed E-state index contributed by atoms with van der Waals surface area (Å²) in [6.45, 7) is 2.82. The number of ether oxygens (including phenoxy) is 2. The number of methoxy groups -OCH3 is 1. The maximum absolute atomic E-state index is 10.3. The van der Waals surface area contributed by atoms with Crippen LogP contribution in [0, 0.1) is 12.8 Å². The van der Waals surface area contributed by atoms with E-state index in [0.29, 0.717) is 18.1 Å². The first kappa shape index (κ1) is 31.9. The molecule has 0 bridgehead atoms. The molecule has 0 saturated heterocycles. The largest absolute Gasteiger partial charge is 0.493 e. The third kappa shape index (κ3) is 9.75. The van der Waals surface area contributed by atoms with E-state index in [-0.39, 0.29) is 0 Å². The Kier molecular flexibility index (Phi) is 11.5. The topological polar surface area (TPSA) is 189 Å². The van der Waals surface area contributed by atoms with E-state index in [9.17, 15) is 14.4 Å². The Morgan fingerprint density at radius 1 is 1.00 bits per heavy atom. The van der Waals surface area contributed by atoms with Crippen LogP contribution in [0.1, 0.15) is 74.8 Å². The van der Waals surface area contributed by atoms with Gasteiger partial charge in [-0.05, 0) is 69.1 Å². The van der Waals surface area contributed by atoms with Crippen molar-refractivity contribution >= 4 is 17.9 Å². The van der Waals surface area contributed by atoms with Crippen molar-refractivity contribution < 1.29 is 48.8 Å². The van der Waals surface area contributed by atoms with Gasteiger partial charge < -0.3 is 39.7 Å². The Morgan fingerprint density at radius 3 is 2.24 bits per heavy atom. The first-order valence-electron chi connectivity index (χ1n) is 13.9. The number of nitrogens with zero attached hydrogens (tertiary/aromatic N) is 1. The van der Waals surface area contributed by atoms with Crippen molar-refractivity contribution in [1.82, 2.24) is 10.5 Å². The SMILES string of the molecule is COc1cc(CN[C@@H]2CCC[C@H]2Cc2cc(C)no2)ccc1OC1CCCC1.O=C(O)CC(O)(CC(=O)O)C(=O)O. The Hall–Kier alpha value is -3.64. The summed E-state index contributed by atoms with van der Waals surface area (Å²) in [5, 5.41) is 41.6. The van der Waals surface area contributed by atoms with Gasteiger partial charge in [0, 0.05) is 25.1 Å². The van der Waals surface area contributed by atoms with Crippen molar-refractivity contribution in [2.24, 2.45) is 5.92 Å². The van der Waals surface area contributed by atoms with Crippen LogP contribution >= 0.6 is 0 Å². The van der Waals surface area contributed by atoms with Gasteiger partial charge in [-0.2, -0.15) is 0 Å². The molecule has 2 atom stereocenters. The Bertz CT molecular complexity index is 1160. The Morgan fingerprint density at radius 2 is 1.68 bits per heavy atom. The fourth-order valence-electron chi connectivity index (χ4n) is 5.39. The van der Waals surface area contributed by atoms with Gasteiger partial charge in [-0.15, -0.1) is 0 Å². The highest BCUT2D eigenvalue weighted by molar-refractivity contribution is 5.88. The quantitative estimate of drug-likeness (QED) is 0.233. The zero-order chi connectivity index (χ0) is 30.0. The minimum absolute atomic E-state index is 0.344. The molecular formula is C29H40N2O10. The molecule has 41 heavy (non-hydrogen) atoms. The van der Waals surface area contributed by atoms with Crippen molar-refractivity contribution in [2.75, 3.05) is 7.11 Å². The summed E-state index contributed by atoms with van der Waals surface area (Å²) in [6, 6.07) is 8.91. The van der Waals surface area contributed by atoms with Crippen LogP contribution in [0.25, 0.3) is 0 Å². The van der Waals surface area contributed by atoms with Gasteiger partial charge in [-0.25, -0.2) is 4.79 Å². The maximum atomic E-state index is 10.3. The minimum Gasteiger partial charge on any atom is -0.493 e. The Labute approximate surface area is 238 Å². The highest BCUT2D eigenvalue weighted by Crippen LogP contribution is 2.33. The van der Waals surface area contributed by atoms with Gasteiger partial charge in [0.2, 0.25) is 0 Å². The second-order valence-corrected chi connectivity index (χ2v) is 10.8. The van der Waals surface area contributed by atoms with Crippen LogP contribution in [-0.2, 0) is 27.3 Å². The van der Waals surface area contributed by atoms with E-state index in [4.69, 9.17) is 34.4 Å². The lowest BCUT2D eigenvalue weighted by atomic mass is 9.96. The molecule has 2 aliphatic carbocycles. The molecule has 12 heteroatoms. The number of carboxylic acids is 3. The highest BCUT2D eigenvalue weighted by atomic mass is 16.5. The van der Waals surface area contributed by atoms with Gasteiger partial charge in [0.05, 0.1) is 31.7 Å². The molecule has 226 valence electrons. The summed E-state index contributed by atoms with van der Waals surface area (Å²) in [7, 11) is 1.72. The molecule has 2 aromatic rings. The van der Waals surface area contributed by atoms with E-state index in [2.05, 4.69) is 34.7 Å². The lowest BCUT2D eigenvalue weighted by molar-refractivity contribution is -0.170. The van der Waals surface area contributed by atoms with Gasteiger partial charge >= 0.3 is 17.9 Å². The van der Waals surface area contributed by atoms with Gasteiger partial charge in [-0.3, -0.25) is 9.59 Å². The van der Waals surface area contributed by atoms with E-state index in [1.807, 2.05) is 6.92 Å². The molecule has 1 heterocycles. The van der Waals surface area contributed by atoms with Crippen molar-refractivity contribution in [1.29, 1.82) is 0 Å². The molecule has 1 aromatic carbocycles. The molecule has 2 fully saturated rings. The van der Waals surface area contributed by atoms with E-state index in [0.717, 1.165) is 48.8 Å². The molecular weight excluding hydrogens is 536 g/mol. The normalized spacial score (nSPS) is 18.9. The number of benzene rings is 1. The summed E-state index contributed by atoms with van der Waals surface area (Å²) in [6.07, 6.45) is 7.60. The molecule has 1 aromatic heterocycles. The summed E-state index contributed by atoms with van der Waals surface area (Å²) in [4.78, 5) is 30.5. The van der Waals surface area contributed by atoms with Crippen molar-refractivity contribution in [3.63, 3.8) is 0 Å². The number of aryl methyl sites for hydroxylation is 1. The third-order valence-corrected chi connectivity index (χ3v) is 7.48. The lowest BCUT2D eigenvalue weighted by Crippen LogP contribution is -2.42. The zero-order valence-electron chi connectivity index (χ0n) is 23.5. The van der Waals surface area contributed by atoms with Crippen LogP contribution in [0.2, 0.25) is 0 Å². The minimum atomic E-state index is -2.74. The van der Waals surface area contributed by atoms with Crippen LogP contribution in [0.3, 0.4) is 0 Å². The second kappa shape index (κ2) is 14.8.